The average molecular weight is 845 g/mol. The molecule has 1 aromatic carbocycles. The fourth-order valence-corrected chi connectivity index (χ4v) is 9.47. The summed E-state index contributed by atoms with van der Waals surface area (Å²) in [6.45, 7) is 11.0. The predicted octanol–water partition coefficient (Wildman–Crippen LogP) is 12.5. The van der Waals surface area contributed by atoms with Crippen molar-refractivity contribution < 1.29 is 24.3 Å². The summed E-state index contributed by atoms with van der Waals surface area (Å²) >= 11 is 0. The summed E-state index contributed by atoms with van der Waals surface area (Å²) in [4.78, 5) is 12.1. The van der Waals surface area contributed by atoms with Crippen LogP contribution in [0.15, 0.2) is 24.3 Å². The molecule has 0 radical (unpaired) electrons. The fraction of sp³-hybridized carbons (Fsp3) is 0.848. The van der Waals surface area contributed by atoms with E-state index in [2.05, 4.69) is 52.6 Å². The number of rotatable bonds is 12. The van der Waals surface area contributed by atoms with Crippen LogP contribution in [0.4, 0.5) is 5.69 Å². The molecule has 8 atom stereocenters. The third kappa shape index (κ3) is 17.8. The van der Waals surface area contributed by atoms with Crippen molar-refractivity contribution in [3.8, 4) is 0 Å². The Morgan fingerprint density at radius 3 is 1.51 bits per heavy atom. The summed E-state index contributed by atoms with van der Waals surface area (Å²) in [6.07, 6.45) is 28.6. The maximum absolute atomic E-state index is 12.1. The Bertz CT molecular complexity index is 1050. The molecule has 310 valence electrons. The molecule has 8 nitrogen and oxygen atoms in total. The molecule has 8 unspecified atom stereocenters. The van der Waals surface area contributed by atoms with Gasteiger partial charge in [-0.05, 0) is 42.4 Å². The quantitative estimate of drug-likeness (QED) is 0.164. The average Bonchev–Trinajstić information content (AvgIpc) is 3.24. The predicted molar refractivity (Wildman–Crippen MR) is 231 cm³/mol. The van der Waals surface area contributed by atoms with Crippen LogP contribution in [0.3, 0.4) is 0 Å². The Hall–Kier alpha value is -0.927. The minimum atomic E-state index is 0. The molecule has 0 spiro atoms. The van der Waals surface area contributed by atoms with Crippen LogP contribution in [0.25, 0.3) is 31.9 Å². The van der Waals surface area contributed by atoms with E-state index in [0.29, 0.717) is 42.7 Å². The standard InChI is InChI=1S/C26H41N3O.2C10H18N2.Ru/c1-3-21-10-12-23(13-11-21)29-26(30)9-7-5-4-6-8-22-15-17-28-25(19-22)24-18-20(2)14-16-27-24;2*1-3-7-11-9(5-1)10-6-2-4-8-12-10;/h10-13,20,22,24-25H,3-9,14-19H2,1-2H3,(H,29,30);2*9-10H,1-8H2;/q3*-2;+6. The summed E-state index contributed by atoms with van der Waals surface area (Å²) < 4.78 is 0. The van der Waals surface area contributed by atoms with Gasteiger partial charge < -0.3 is 37.2 Å². The fourth-order valence-electron chi connectivity index (χ4n) is 9.47. The molecule has 1 N–H and O–H groups in total. The number of anilines is 1. The zero-order chi connectivity index (χ0) is 37.6. The van der Waals surface area contributed by atoms with Gasteiger partial charge in [-0.15, -0.1) is 39.3 Å². The van der Waals surface area contributed by atoms with Gasteiger partial charge in [-0.1, -0.05) is 154 Å². The molecule has 0 saturated carbocycles. The third-order valence-corrected chi connectivity index (χ3v) is 12.9. The van der Waals surface area contributed by atoms with E-state index in [0.717, 1.165) is 76.1 Å². The van der Waals surface area contributed by atoms with Gasteiger partial charge in [-0.25, -0.2) is 0 Å². The summed E-state index contributed by atoms with van der Waals surface area (Å²) in [5.41, 5.74) is 2.21. The summed E-state index contributed by atoms with van der Waals surface area (Å²) in [7, 11) is 0. The first kappa shape index (κ1) is 46.8. The Labute approximate surface area is 350 Å². The number of benzene rings is 1. The number of aryl methyl sites for hydroxylation is 1. The van der Waals surface area contributed by atoms with Crippen molar-refractivity contribution >= 4 is 11.6 Å². The number of hydrogen-bond acceptors (Lipinski definition) is 1. The molecule has 6 heterocycles. The monoisotopic (exact) mass is 846 g/mol. The maximum Gasteiger partial charge on any atom is 6.00 e. The molecule has 1 aromatic rings. The van der Waals surface area contributed by atoms with Gasteiger partial charge in [-0.2, -0.15) is 36.3 Å². The number of piperidine rings is 6. The van der Waals surface area contributed by atoms with Gasteiger partial charge >= 0.3 is 19.5 Å². The van der Waals surface area contributed by atoms with Crippen molar-refractivity contribution in [3.63, 3.8) is 0 Å². The van der Waals surface area contributed by atoms with E-state index in [1.54, 1.807) is 0 Å². The summed E-state index contributed by atoms with van der Waals surface area (Å²) in [5.74, 6) is 1.78. The van der Waals surface area contributed by atoms with Gasteiger partial charge in [0.15, 0.2) is 0 Å². The van der Waals surface area contributed by atoms with Crippen LogP contribution in [-0.4, -0.2) is 81.4 Å². The molecular formula is C46H77N7ORu. The molecule has 0 aromatic heterocycles. The van der Waals surface area contributed by atoms with E-state index in [1.165, 1.54) is 128 Å². The zero-order valence-corrected chi connectivity index (χ0v) is 36.6. The largest absolute Gasteiger partial charge is 6.00 e. The molecule has 0 bridgehead atoms. The van der Waals surface area contributed by atoms with Crippen LogP contribution in [0, 0.1) is 11.8 Å². The van der Waals surface area contributed by atoms with Gasteiger partial charge in [0.1, 0.15) is 0 Å². The molecule has 6 aliphatic heterocycles. The normalized spacial score (nSPS) is 31.3. The van der Waals surface area contributed by atoms with E-state index < -0.39 is 0 Å². The van der Waals surface area contributed by atoms with E-state index in [9.17, 15) is 4.79 Å². The molecule has 0 aliphatic carbocycles. The van der Waals surface area contributed by atoms with Crippen LogP contribution < -0.4 is 5.32 Å². The number of nitrogens with one attached hydrogen (secondary N) is 1. The number of amides is 1. The van der Waals surface area contributed by atoms with Crippen LogP contribution in [0.1, 0.15) is 161 Å². The number of nitrogens with zero attached hydrogens (tertiary/aromatic N) is 6. The zero-order valence-electron chi connectivity index (χ0n) is 34.9. The second-order valence-corrected chi connectivity index (χ2v) is 17.4. The van der Waals surface area contributed by atoms with Crippen LogP contribution in [0.5, 0.6) is 0 Å². The van der Waals surface area contributed by atoms with Crippen LogP contribution in [0.2, 0.25) is 0 Å². The first-order valence-corrected chi connectivity index (χ1v) is 23.0. The van der Waals surface area contributed by atoms with Gasteiger partial charge in [-0.3, -0.25) is 4.79 Å². The van der Waals surface area contributed by atoms with Crippen molar-refractivity contribution in [3.05, 3.63) is 61.7 Å². The minimum absolute atomic E-state index is 0. The summed E-state index contributed by atoms with van der Waals surface area (Å²) in [6, 6.07) is 11.5. The SMILES string of the molecule is C1CCC(C2CCCC[N-]2)[N-]C1.C1CCC(C2CCCC[N-]2)[N-]C1.CCc1ccc(NC(=O)CCCCCCC2CC[N-]C(C3CC(C)CC[N-]3)C2)cc1.[Ru+6]. The van der Waals surface area contributed by atoms with Gasteiger partial charge in [0.25, 0.3) is 0 Å². The van der Waals surface area contributed by atoms with Gasteiger partial charge in [0.05, 0.1) is 0 Å². The second-order valence-electron chi connectivity index (χ2n) is 17.4. The molecule has 6 saturated heterocycles. The number of carbonyl (C=O) groups excluding carboxylic acids is 1. The molecule has 1 amide bonds. The number of carbonyl (C=O) groups is 1. The van der Waals surface area contributed by atoms with Gasteiger partial charge in [0, 0.05) is 12.1 Å². The Balaban J connectivity index is 0.000000219. The first-order valence-electron chi connectivity index (χ1n) is 23.0. The topological polar surface area (TPSA) is 114 Å². The minimum Gasteiger partial charge on any atom is -0.661 e. The smallest absolute Gasteiger partial charge is 0.661 e. The summed E-state index contributed by atoms with van der Waals surface area (Å²) in [5, 5.41) is 31.5. The van der Waals surface area contributed by atoms with E-state index in [-0.39, 0.29) is 25.4 Å². The first-order chi connectivity index (χ1) is 26.6. The molecular weight excluding hydrogens is 768 g/mol. The molecule has 7 rings (SSSR count). The van der Waals surface area contributed by atoms with Crippen molar-refractivity contribution in [1.29, 1.82) is 0 Å². The second kappa shape index (κ2) is 27.7. The third-order valence-electron chi connectivity index (χ3n) is 12.9. The van der Waals surface area contributed by atoms with Crippen molar-refractivity contribution in [2.24, 2.45) is 11.8 Å². The Morgan fingerprint density at radius 1 is 0.564 bits per heavy atom. The van der Waals surface area contributed by atoms with E-state index >= 15 is 0 Å². The van der Waals surface area contributed by atoms with Crippen molar-refractivity contribution in [2.75, 3.05) is 44.6 Å². The molecule has 55 heavy (non-hydrogen) atoms. The van der Waals surface area contributed by atoms with E-state index in [4.69, 9.17) is 10.6 Å². The molecule has 6 aliphatic rings. The van der Waals surface area contributed by atoms with Crippen molar-refractivity contribution in [1.82, 2.24) is 0 Å². The molecule has 9 heteroatoms. The molecule has 6 fully saturated rings. The van der Waals surface area contributed by atoms with Crippen molar-refractivity contribution in [2.45, 2.75) is 198 Å². The van der Waals surface area contributed by atoms with Crippen LogP contribution in [-0.2, 0) is 30.7 Å². The number of hydrogen-bond donors (Lipinski definition) is 1. The van der Waals surface area contributed by atoms with Crippen LogP contribution >= 0.6 is 0 Å². The van der Waals surface area contributed by atoms with Gasteiger partial charge in [0.2, 0.25) is 5.91 Å². The maximum atomic E-state index is 12.1. The number of unbranched alkanes of at least 4 members (excludes halogenated alkanes) is 3. The Kier molecular flexibility index (Phi) is 23.6. The van der Waals surface area contributed by atoms with E-state index in [1.807, 2.05) is 12.1 Å². The Morgan fingerprint density at radius 2 is 1.04 bits per heavy atom.